The molecule has 0 aromatic carbocycles. The maximum atomic E-state index is 12.0. The maximum Gasteiger partial charge on any atom is 0.168 e. The number of pyridine rings is 2. The van der Waals surface area contributed by atoms with Crippen molar-refractivity contribution in [2.75, 3.05) is 23.0 Å². The van der Waals surface area contributed by atoms with E-state index in [0.717, 1.165) is 0 Å². The summed E-state index contributed by atoms with van der Waals surface area (Å²) in [7, 11) is -6.81. The average molecular weight is 370 g/mol. The summed E-state index contributed by atoms with van der Waals surface area (Å²) in [5.41, 5.74) is 0. The number of aryl methyl sites for hydroxylation is 2. The van der Waals surface area contributed by atoms with Crippen LogP contribution in [0.5, 0.6) is 0 Å². The van der Waals surface area contributed by atoms with Gasteiger partial charge in [-0.25, -0.2) is 26.0 Å². The molecule has 0 amide bonds. The Kier molecular flexibility index (Phi) is 6.44. The molecule has 2 aromatic rings. The van der Waals surface area contributed by atoms with E-state index in [1.165, 1.54) is 0 Å². The summed E-state index contributed by atoms with van der Waals surface area (Å²) in [4.78, 5) is 0. The highest BCUT2D eigenvalue weighted by Gasteiger charge is 2.20. The van der Waals surface area contributed by atoms with Crippen molar-refractivity contribution in [3.05, 3.63) is 61.2 Å². The molecular weight excluding hydrogens is 348 g/mol. The predicted octanol–water partition coefficient (Wildman–Crippen LogP) is -0.209. The summed E-state index contributed by atoms with van der Waals surface area (Å²) in [6.45, 7) is 0.645. The van der Waals surface area contributed by atoms with Gasteiger partial charge in [0.25, 0.3) is 0 Å². The summed E-state index contributed by atoms with van der Waals surface area (Å²) < 4.78 is 51.7. The van der Waals surface area contributed by atoms with Crippen LogP contribution in [0.2, 0.25) is 0 Å². The first-order chi connectivity index (χ1) is 11.4. The molecule has 0 fully saturated rings. The third-order valence-corrected chi connectivity index (χ3v) is 7.10. The van der Waals surface area contributed by atoms with Gasteiger partial charge in [0.2, 0.25) is 0 Å². The van der Waals surface area contributed by atoms with E-state index in [1.54, 1.807) is 33.9 Å². The van der Waals surface area contributed by atoms with Crippen molar-refractivity contribution in [2.45, 2.75) is 13.1 Å². The van der Waals surface area contributed by atoms with Gasteiger partial charge in [-0.1, -0.05) is 12.1 Å². The van der Waals surface area contributed by atoms with Gasteiger partial charge >= 0.3 is 0 Å². The van der Waals surface area contributed by atoms with Gasteiger partial charge in [-0.05, 0) is 0 Å². The fourth-order valence-electron chi connectivity index (χ4n) is 2.11. The highest BCUT2D eigenvalue weighted by Crippen LogP contribution is 1.97. The second-order valence-corrected chi connectivity index (χ2v) is 10.1. The Morgan fingerprint density at radius 1 is 0.500 bits per heavy atom. The van der Waals surface area contributed by atoms with Gasteiger partial charge in [-0.3, -0.25) is 0 Å². The van der Waals surface area contributed by atoms with Crippen LogP contribution in [0, 0.1) is 0 Å². The van der Waals surface area contributed by atoms with Crippen molar-refractivity contribution in [3.8, 4) is 0 Å². The van der Waals surface area contributed by atoms with E-state index in [0.29, 0.717) is 13.1 Å². The van der Waals surface area contributed by atoms with Crippen LogP contribution in [0.15, 0.2) is 61.2 Å². The van der Waals surface area contributed by atoms with E-state index >= 15 is 0 Å². The molecule has 2 aromatic heterocycles. The minimum Gasteiger partial charge on any atom is -0.229 e. The van der Waals surface area contributed by atoms with Crippen LogP contribution >= 0.6 is 0 Å². The first-order valence-electron chi connectivity index (χ1n) is 7.65. The van der Waals surface area contributed by atoms with Crippen molar-refractivity contribution in [1.82, 2.24) is 0 Å². The van der Waals surface area contributed by atoms with Crippen LogP contribution in [-0.4, -0.2) is 39.8 Å². The Labute approximate surface area is 143 Å². The molecule has 0 aliphatic heterocycles. The minimum atomic E-state index is -3.40. The summed E-state index contributed by atoms with van der Waals surface area (Å²) in [6.07, 6.45) is 7.12. The fraction of sp³-hybridized carbons (Fsp3) is 0.375. The molecule has 0 spiro atoms. The van der Waals surface area contributed by atoms with E-state index in [4.69, 9.17) is 0 Å². The lowest BCUT2D eigenvalue weighted by Gasteiger charge is -2.04. The maximum absolute atomic E-state index is 12.0. The van der Waals surface area contributed by atoms with E-state index in [9.17, 15) is 16.8 Å². The third kappa shape index (κ3) is 6.76. The normalized spacial score (nSPS) is 12.2. The number of hydrogen-bond donors (Lipinski definition) is 0. The summed E-state index contributed by atoms with van der Waals surface area (Å²) in [5, 5.41) is 0. The van der Waals surface area contributed by atoms with Gasteiger partial charge in [-0.2, -0.15) is 0 Å². The second-order valence-electron chi connectivity index (χ2n) is 5.53. The largest absolute Gasteiger partial charge is 0.229 e. The average Bonchev–Trinajstić information content (AvgIpc) is 2.59. The van der Waals surface area contributed by atoms with Crippen LogP contribution in [0.25, 0.3) is 0 Å². The lowest BCUT2D eigenvalue weighted by atomic mass is 10.5. The van der Waals surface area contributed by atoms with Crippen molar-refractivity contribution < 1.29 is 26.0 Å². The third-order valence-electron chi connectivity index (χ3n) is 3.58. The number of sulfone groups is 2. The number of hydrogen-bond acceptors (Lipinski definition) is 4. The van der Waals surface area contributed by atoms with Gasteiger partial charge in [-0.15, -0.1) is 0 Å². The molecule has 0 saturated carbocycles. The SMILES string of the molecule is O=S(=O)(CC[n+]1ccccc1)CCS(=O)(=O)CC[n+]1ccccc1. The topological polar surface area (TPSA) is 76.0 Å². The van der Waals surface area contributed by atoms with E-state index in [1.807, 2.05) is 36.4 Å². The Morgan fingerprint density at radius 2 is 0.833 bits per heavy atom. The Morgan fingerprint density at radius 3 is 1.17 bits per heavy atom. The van der Waals surface area contributed by atoms with Crippen LogP contribution in [0.3, 0.4) is 0 Å². The van der Waals surface area contributed by atoms with Crippen molar-refractivity contribution >= 4 is 19.7 Å². The molecule has 0 atom stereocenters. The van der Waals surface area contributed by atoms with E-state index < -0.39 is 19.7 Å². The predicted molar refractivity (Wildman–Crippen MR) is 90.6 cm³/mol. The molecule has 0 radical (unpaired) electrons. The van der Waals surface area contributed by atoms with E-state index in [-0.39, 0.29) is 23.0 Å². The van der Waals surface area contributed by atoms with Crippen molar-refractivity contribution in [1.29, 1.82) is 0 Å². The lowest BCUT2D eigenvalue weighted by molar-refractivity contribution is -0.692. The minimum absolute atomic E-state index is 0.0648. The molecule has 2 heterocycles. The van der Waals surface area contributed by atoms with Crippen molar-refractivity contribution in [3.63, 3.8) is 0 Å². The van der Waals surface area contributed by atoms with Gasteiger partial charge < -0.3 is 0 Å². The zero-order chi connectivity index (χ0) is 17.5. The summed E-state index contributed by atoms with van der Waals surface area (Å²) in [5.74, 6) is -0.792. The number of rotatable bonds is 9. The molecule has 24 heavy (non-hydrogen) atoms. The Balaban J connectivity index is 1.81. The van der Waals surface area contributed by atoms with Crippen LogP contribution in [0.4, 0.5) is 0 Å². The van der Waals surface area contributed by atoms with Crippen LogP contribution in [-0.2, 0) is 32.8 Å². The van der Waals surface area contributed by atoms with Crippen molar-refractivity contribution in [2.24, 2.45) is 0 Å². The molecule has 0 aliphatic carbocycles. The first kappa shape index (κ1) is 18.5. The Hall–Kier alpha value is -1.80. The molecule has 0 unspecified atom stereocenters. The van der Waals surface area contributed by atoms with Gasteiger partial charge in [0.1, 0.15) is 11.5 Å². The molecule has 2 rings (SSSR count). The summed E-state index contributed by atoms with van der Waals surface area (Å²) in [6, 6.07) is 11.0. The highest BCUT2D eigenvalue weighted by atomic mass is 32.2. The molecule has 130 valence electrons. The summed E-state index contributed by atoms with van der Waals surface area (Å²) >= 11 is 0. The highest BCUT2D eigenvalue weighted by molar-refractivity contribution is 7.95. The smallest absolute Gasteiger partial charge is 0.168 e. The first-order valence-corrected chi connectivity index (χ1v) is 11.3. The fourth-order valence-corrected chi connectivity index (χ4v) is 5.53. The molecule has 0 saturated heterocycles. The second kappa shape index (κ2) is 8.34. The zero-order valence-corrected chi connectivity index (χ0v) is 15.0. The molecule has 6 nitrogen and oxygen atoms in total. The van der Waals surface area contributed by atoms with Crippen LogP contribution < -0.4 is 9.13 Å². The standard InChI is InChI=1S/C16H22N2O4S2/c19-23(20,13-11-17-7-3-1-4-8-17)15-16-24(21,22)14-12-18-9-5-2-6-10-18/h1-10H,11-16H2/q+2. The zero-order valence-electron chi connectivity index (χ0n) is 13.4. The lowest BCUT2D eigenvalue weighted by Crippen LogP contribution is -2.38. The molecular formula is C16H22N2O4S2+2. The van der Waals surface area contributed by atoms with Gasteiger partial charge in [0.15, 0.2) is 57.6 Å². The quantitative estimate of drug-likeness (QED) is 0.573. The van der Waals surface area contributed by atoms with Crippen LogP contribution in [0.1, 0.15) is 0 Å². The molecule has 0 N–H and O–H groups in total. The van der Waals surface area contributed by atoms with E-state index in [2.05, 4.69) is 0 Å². The number of aromatic nitrogens is 2. The Bertz CT molecular complexity index is 763. The molecule has 0 bridgehead atoms. The number of nitrogens with zero attached hydrogens (tertiary/aromatic N) is 2. The molecule has 8 heteroatoms. The monoisotopic (exact) mass is 370 g/mol. The van der Waals surface area contributed by atoms with Gasteiger partial charge in [0.05, 0.1) is 11.5 Å². The molecule has 0 aliphatic rings. The van der Waals surface area contributed by atoms with Gasteiger partial charge in [0, 0.05) is 24.3 Å².